The van der Waals surface area contributed by atoms with Crippen molar-refractivity contribution in [3.05, 3.63) is 65.9 Å². The van der Waals surface area contributed by atoms with Gasteiger partial charge in [0.15, 0.2) is 0 Å². The van der Waals surface area contributed by atoms with Crippen molar-refractivity contribution in [2.75, 3.05) is 0 Å². The van der Waals surface area contributed by atoms with E-state index in [1.807, 2.05) is 0 Å². The SMILES string of the molecule is N#CC(NC(=O)[C@H](CC1CC1)n1c(C(N)=O)cc2cccc(F)c21)c1cccnc1. The molecule has 0 bridgehead atoms. The third-order valence-electron chi connectivity index (χ3n) is 5.36. The predicted octanol–water partition coefficient (Wildman–Crippen LogP) is 3.00. The number of pyridine rings is 1. The molecule has 1 fully saturated rings. The molecule has 0 aliphatic heterocycles. The molecule has 0 saturated heterocycles. The Morgan fingerprint density at radius 2 is 2.13 bits per heavy atom. The molecule has 30 heavy (non-hydrogen) atoms. The molecule has 1 saturated carbocycles. The van der Waals surface area contributed by atoms with E-state index in [4.69, 9.17) is 5.73 Å². The standard InChI is InChI=1S/C22H20FN5O2/c23-16-5-1-3-14-10-18(21(25)29)28(20(14)16)19(9-13-6-7-13)22(30)27-17(11-24)15-4-2-8-26-12-15/h1-5,8,10,12-13,17,19H,6-7,9H2,(H2,25,29)(H,27,30)/t17?,19-/m0/s1. The van der Waals surface area contributed by atoms with E-state index < -0.39 is 29.7 Å². The van der Waals surface area contributed by atoms with Crippen molar-refractivity contribution >= 4 is 22.7 Å². The maximum atomic E-state index is 14.7. The second-order valence-corrected chi connectivity index (χ2v) is 7.49. The van der Waals surface area contributed by atoms with E-state index in [0.29, 0.717) is 23.3 Å². The Morgan fingerprint density at radius 1 is 1.33 bits per heavy atom. The fourth-order valence-electron chi connectivity index (χ4n) is 3.73. The van der Waals surface area contributed by atoms with Gasteiger partial charge in [-0.25, -0.2) is 4.39 Å². The van der Waals surface area contributed by atoms with E-state index in [2.05, 4.69) is 16.4 Å². The zero-order valence-corrected chi connectivity index (χ0v) is 16.1. The predicted molar refractivity (Wildman–Crippen MR) is 108 cm³/mol. The Balaban J connectivity index is 1.77. The summed E-state index contributed by atoms with van der Waals surface area (Å²) in [6.07, 6.45) is 5.42. The van der Waals surface area contributed by atoms with E-state index in [1.165, 1.54) is 29.0 Å². The van der Waals surface area contributed by atoms with Gasteiger partial charge in [0.1, 0.15) is 23.6 Å². The van der Waals surface area contributed by atoms with Crippen LogP contribution < -0.4 is 11.1 Å². The number of para-hydroxylation sites is 1. The lowest BCUT2D eigenvalue weighted by atomic mass is 10.1. The van der Waals surface area contributed by atoms with Crippen LogP contribution in [0.4, 0.5) is 4.39 Å². The van der Waals surface area contributed by atoms with Crippen LogP contribution in [-0.2, 0) is 4.79 Å². The summed E-state index contributed by atoms with van der Waals surface area (Å²) in [6.45, 7) is 0. The van der Waals surface area contributed by atoms with Crippen molar-refractivity contribution in [3.8, 4) is 6.07 Å². The molecule has 2 amide bonds. The average Bonchev–Trinajstić information content (AvgIpc) is 3.48. The number of halogens is 1. The molecule has 0 spiro atoms. The van der Waals surface area contributed by atoms with Crippen LogP contribution in [-0.4, -0.2) is 21.4 Å². The quantitative estimate of drug-likeness (QED) is 0.629. The molecule has 2 aromatic heterocycles. The smallest absolute Gasteiger partial charge is 0.265 e. The summed E-state index contributed by atoms with van der Waals surface area (Å²) in [7, 11) is 0. The molecular formula is C22H20FN5O2. The monoisotopic (exact) mass is 405 g/mol. The lowest BCUT2D eigenvalue weighted by Crippen LogP contribution is -2.36. The minimum absolute atomic E-state index is 0.0609. The third kappa shape index (κ3) is 3.74. The summed E-state index contributed by atoms with van der Waals surface area (Å²) in [4.78, 5) is 29.4. The fraction of sp³-hybridized carbons (Fsp3) is 0.273. The summed E-state index contributed by atoms with van der Waals surface area (Å²) >= 11 is 0. The second-order valence-electron chi connectivity index (χ2n) is 7.49. The van der Waals surface area contributed by atoms with Crippen LogP contribution in [0.2, 0.25) is 0 Å². The maximum Gasteiger partial charge on any atom is 0.265 e. The van der Waals surface area contributed by atoms with Gasteiger partial charge in [0, 0.05) is 23.3 Å². The highest BCUT2D eigenvalue weighted by Crippen LogP contribution is 2.39. The number of carbonyl (C=O) groups excluding carboxylic acids is 2. The van der Waals surface area contributed by atoms with Gasteiger partial charge in [0.2, 0.25) is 5.91 Å². The second kappa shape index (κ2) is 7.95. The van der Waals surface area contributed by atoms with Gasteiger partial charge in [-0.05, 0) is 30.5 Å². The van der Waals surface area contributed by atoms with Gasteiger partial charge in [-0.15, -0.1) is 0 Å². The van der Waals surface area contributed by atoms with E-state index >= 15 is 0 Å². The fourth-order valence-corrected chi connectivity index (χ4v) is 3.73. The normalized spacial score (nSPS) is 15.3. The van der Waals surface area contributed by atoms with Crippen molar-refractivity contribution < 1.29 is 14.0 Å². The first kappa shape index (κ1) is 19.6. The van der Waals surface area contributed by atoms with Gasteiger partial charge in [0.25, 0.3) is 5.91 Å². The highest BCUT2D eigenvalue weighted by atomic mass is 19.1. The Morgan fingerprint density at radius 3 is 2.77 bits per heavy atom. The molecule has 3 aromatic rings. The van der Waals surface area contributed by atoms with E-state index in [1.54, 1.807) is 24.4 Å². The topological polar surface area (TPSA) is 114 Å². The molecule has 8 heteroatoms. The Hall–Kier alpha value is -3.73. The number of benzene rings is 1. The zero-order chi connectivity index (χ0) is 21.3. The van der Waals surface area contributed by atoms with Crippen LogP contribution in [0.15, 0.2) is 48.8 Å². The van der Waals surface area contributed by atoms with Gasteiger partial charge < -0.3 is 15.6 Å². The summed E-state index contributed by atoms with van der Waals surface area (Å²) in [5.41, 5.74) is 6.31. The lowest BCUT2D eigenvalue weighted by molar-refractivity contribution is -0.125. The molecule has 7 nitrogen and oxygen atoms in total. The molecule has 152 valence electrons. The molecule has 3 N–H and O–H groups in total. The summed E-state index contributed by atoms with van der Waals surface area (Å²) in [6, 6.07) is 9.61. The summed E-state index contributed by atoms with van der Waals surface area (Å²) in [5, 5.41) is 12.8. The van der Waals surface area contributed by atoms with Gasteiger partial charge in [-0.3, -0.25) is 14.6 Å². The van der Waals surface area contributed by atoms with Gasteiger partial charge in [0.05, 0.1) is 11.6 Å². The number of fused-ring (bicyclic) bond motifs is 1. The molecular weight excluding hydrogens is 385 g/mol. The zero-order valence-electron chi connectivity index (χ0n) is 16.1. The Labute approximate surface area is 172 Å². The minimum atomic E-state index is -0.920. The molecule has 2 atom stereocenters. The first-order chi connectivity index (χ1) is 14.5. The first-order valence-corrected chi connectivity index (χ1v) is 9.68. The summed E-state index contributed by atoms with van der Waals surface area (Å²) < 4.78 is 16.1. The maximum absolute atomic E-state index is 14.7. The number of nitrogens with two attached hydrogens (primary N) is 1. The number of nitrogens with one attached hydrogen (secondary N) is 1. The van der Waals surface area contributed by atoms with Gasteiger partial charge in [-0.2, -0.15) is 5.26 Å². The molecule has 1 aliphatic rings. The largest absolute Gasteiger partial charge is 0.364 e. The molecule has 2 heterocycles. The number of hydrogen-bond acceptors (Lipinski definition) is 4. The highest BCUT2D eigenvalue weighted by Gasteiger charge is 2.34. The molecule has 1 unspecified atom stereocenters. The van der Waals surface area contributed by atoms with Crippen LogP contribution in [0.1, 0.15) is 47.4 Å². The van der Waals surface area contributed by atoms with E-state index in [-0.39, 0.29) is 11.2 Å². The van der Waals surface area contributed by atoms with Crippen LogP contribution in [0, 0.1) is 23.1 Å². The molecule has 0 radical (unpaired) electrons. The minimum Gasteiger partial charge on any atom is -0.364 e. The van der Waals surface area contributed by atoms with Crippen molar-refractivity contribution in [1.82, 2.24) is 14.9 Å². The number of nitrogens with zero attached hydrogens (tertiary/aromatic N) is 3. The van der Waals surface area contributed by atoms with Crippen LogP contribution in [0.3, 0.4) is 0 Å². The number of carbonyl (C=O) groups is 2. The average molecular weight is 405 g/mol. The first-order valence-electron chi connectivity index (χ1n) is 9.68. The number of rotatable bonds is 7. The Bertz CT molecular complexity index is 1150. The van der Waals surface area contributed by atoms with Crippen LogP contribution >= 0.6 is 0 Å². The third-order valence-corrected chi connectivity index (χ3v) is 5.36. The van der Waals surface area contributed by atoms with Crippen molar-refractivity contribution in [1.29, 1.82) is 5.26 Å². The van der Waals surface area contributed by atoms with Crippen molar-refractivity contribution in [2.24, 2.45) is 11.7 Å². The van der Waals surface area contributed by atoms with Crippen LogP contribution in [0.25, 0.3) is 10.9 Å². The van der Waals surface area contributed by atoms with Crippen molar-refractivity contribution in [2.45, 2.75) is 31.3 Å². The lowest BCUT2D eigenvalue weighted by Gasteiger charge is -2.23. The number of nitriles is 1. The molecule has 1 aliphatic carbocycles. The van der Waals surface area contributed by atoms with E-state index in [9.17, 15) is 19.2 Å². The molecule has 4 rings (SSSR count). The van der Waals surface area contributed by atoms with Crippen molar-refractivity contribution in [3.63, 3.8) is 0 Å². The van der Waals surface area contributed by atoms with Gasteiger partial charge >= 0.3 is 0 Å². The number of primary amides is 1. The number of hydrogen-bond donors (Lipinski definition) is 2. The van der Waals surface area contributed by atoms with E-state index in [0.717, 1.165) is 12.8 Å². The number of amides is 2. The van der Waals surface area contributed by atoms with Crippen LogP contribution in [0.5, 0.6) is 0 Å². The highest BCUT2D eigenvalue weighted by molar-refractivity contribution is 5.99. The molecule has 1 aromatic carbocycles. The summed E-state index contributed by atoms with van der Waals surface area (Å²) in [5.74, 6) is -1.47. The van der Waals surface area contributed by atoms with Gasteiger partial charge in [-0.1, -0.05) is 31.0 Å². The Kier molecular flexibility index (Phi) is 5.19. The number of aromatic nitrogens is 2.